The number of nitrogens with zero attached hydrogens (tertiary/aromatic N) is 1. The topological polar surface area (TPSA) is 33.7 Å². The van der Waals surface area contributed by atoms with Gasteiger partial charge >= 0.3 is 0 Å². The van der Waals surface area contributed by atoms with Crippen LogP contribution in [0.5, 0.6) is 11.5 Å². The Kier molecular flexibility index (Phi) is 6.20. The Morgan fingerprint density at radius 3 is 2.83 bits per heavy atom. The molecule has 4 nitrogen and oxygen atoms in total. The monoisotopic (exact) mass is 382 g/mol. The van der Waals surface area contributed by atoms with Crippen molar-refractivity contribution in [2.24, 2.45) is 5.92 Å². The van der Waals surface area contributed by atoms with E-state index in [1.54, 1.807) is 0 Å². The number of nitrogens with one attached hydrogen (secondary N) is 1. The summed E-state index contributed by atoms with van der Waals surface area (Å²) in [4.78, 5) is 2.60. The molecule has 2 aliphatic heterocycles. The number of benzene rings is 1. The van der Waals surface area contributed by atoms with E-state index in [0.717, 1.165) is 35.0 Å². The fourth-order valence-corrected chi connectivity index (χ4v) is 3.82. The number of likely N-dealkylation sites (tertiary alicyclic amines) is 1. The first-order valence-corrected chi connectivity index (χ1v) is 9.53. The first-order chi connectivity index (χ1) is 11.2. The number of piperidine rings is 1. The number of hydrogen-bond donors (Lipinski definition) is 1. The Hall–Kier alpha value is -0.780. The first kappa shape index (κ1) is 17.1. The molecule has 3 rings (SSSR count). The molecule has 128 valence electrons. The van der Waals surface area contributed by atoms with Gasteiger partial charge in [-0.2, -0.15) is 0 Å². The van der Waals surface area contributed by atoms with Crippen molar-refractivity contribution in [3.05, 3.63) is 22.2 Å². The highest BCUT2D eigenvalue weighted by Crippen LogP contribution is 2.38. The van der Waals surface area contributed by atoms with Crippen LogP contribution in [0.4, 0.5) is 0 Å². The normalized spacial score (nSPS) is 19.0. The molecule has 1 fully saturated rings. The molecule has 23 heavy (non-hydrogen) atoms. The zero-order valence-corrected chi connectivity index (χ0v) is 15.5. The van der Waals surface area contributed by atoms with Crippen molar-refractivity contribution in [1.82, 2.24) is 10.2 Å². The molecule has 0 amide bonds. The molecule has 0 unspecified atom stereocenters. The van der Waals surface area contributed by atoms with Crippen LogP contribution in [-0.2, 0) is 6.54 Å². The molecule has 0 spiro atoms. The summed E-state index contributed by atoms with van der Waals surface area (Å²) in [5, 5.41) is 3.54. The molecular weight excluding hydrogens is 356 g/mol. The van der Waals surface area contributed by atoms with Gasteiger partial charge in [0.05, 0.1) is 4.47 Å². The molecule has 2 aliphatic rings. The van der Waals surface area contributed by atoms with Gasteiger partial charge in [0.1, 0.15) is 13.2 Å². The van der Waals surface area contributed by atoms with Gasteiger partial charge < -0.3 is 19.7 Å². The average molecular weight is 383 g/mol. The Bertz CT molecular complexity index is 516. The second kappa shape index (κ2) is 8.36. The van der Waals surface area contributed by atoms with Crippen LogP contribution in [0.3, 0.4) is 0 Å². The van der Waals surface area contributed by atoms with Gasteiger partial charge in [-0.1, -0.05) is 6.92 Å². The Labute approximate surface area is 147 Å². The van der Waals surface area contributed by atoms with E-state index in [0.29, 0.717) is 13.2 Å². The quantitative estimate of drug-likeness (QED) is 0.764. The highest BCUT2D eigenvalue weighted by Gasteiger charge is 2.16. The molecule has 0 aliphatic carbocycles. The maximum absolute atomic E-state index is 5.67. The SMILES string of the molecule is CC1CCN(CCCNCc2cc(Br)c3c(c2)OCCO3)CC1. The molecule has 0 atom stereocenters. The lowest BCUT2D eigenvalue weighted by atomic mass is 9.99. The predicted octanol–water partition coefficient (Wildman–Crippen LogP) is 3.43. The standard InChI is InChI=1S/C18H27BrN2O2/c1-14-3-7-21(8-4-14)6-2-5-20-13-15-11-16(19)18-17(12-15)22-9-10-23-18/h11-12,14,20H,2-10,13H2,1H3. The maximum Gasteiger partial charge on any atom is 0.175 e. The second-order valence-corrected chi connectivity index (χ2v) is 7.51. The summed E-state index contributed by atoms with van der Waals surface area (Å²) in [5.74, 6) is 2.60. The summed E-state index contributed by atoms with van der Waals surface area (Å²) in [6.45, 7) is 9.30. The molecule has 0 bridgehead atoms. The van der Waals surface area contributed by atoms with Crippen LogP contribution in [0.1, 0.15) is 31.7 Å². The summed E-state index contributed by atoms with van der Waals surface area (Å²) in [7, 11) is 0. The summed E-state index contributed by atoms with van der Waals surface area (Å²) in [6.07, 6.45) is 3.93. The van der Waals surface area contributed by atoms with E-state index in [1.807, 2.05) is 0 Å². The third kappa shape index (κ3) is 4.85. The van der Waals surface area contributed by atoms with Crippen molar-refractivity contribution in [3.63, 3.8) is 0 Å². The minimum Gasteiger partial charge on any atom is -0.486 e. The second-order valence-electron chi connectivity index (χ2n) is 6.66. The van der Waals surface area contributed by atoms with Crippen molar-refractivity contribution in [3.8, 4) is 11.5 Å². The number of fused-ring (bicyclic) bond motifs is 1. The van der Waals surface area contributed by atoms with Gasteiger partial charge in [0, 0.05) is 6.54 Å². The lowest BCUT2D eigenvalue weighted by Gasteiger charge is -2.30. The van der Waals surface area contributed by atoms with Crippen LogP contribution in [0.2, 0.25) is 0 Å². The molecule has 5 heteroatoms. The van der Waals surface area contributed by atoms with Gasteiger partial charge in [0.25, 0.3) is 0 Å². The number of rotatable bonds is 6. The Balaban J connectivity index is 1.38. The van der Waals surface area contributed by atoms with E-state index in [-0.39, 0.29) is 0 Å². The first-order valence-electron chi connectivity index (χ1n) is 8.73. The highest BCUT2D eigenvalue weighted by molar-refractivity contribution is 9.10. The van der Waals surface area contributed by atoms with Gasteiger partial charge in [-0.25, -0.2) is 0 Å². The largest absolute Gasteiger partial charge is 0.486 e. The van der Waals surface area contributed by atoms with Gasteiger partial charge in [-0.3, -0.25) is 0 Å². The number of hydrogen-bond acceptors (Lipinski definition) is 4. The van der Waals surface area contributed by atoms with Crippen molar-refractivity contribution in [2.45, 2.75) is 32.7 Å². The minimum absolute atomic E-state index is 0.623. The molecule has 0 radical (unpaired) electrons. The molecule has 1 saturated heterocycles. The van der Waals surface area contributed by atoms with Gasteiger partial charge in [-0.05, 0) is 85.0 Å². The maximum atomic E-state index is 5.67. The third-order valence-corrected chi connectivity index (χ3v) is 5.28. The van der Waals surface area contributed by atoms with Crippen LogP contribution in [0.25, 0.3) is 0 Å². The number of halogens is 1. The summed E-state index contributed by atoms with van der Waals surface area (Å²) < 4.78 is 12.3. The van der Waals surface area contributed by atoms with E-state index in [9.17, 15) is 0 Å². The average Bonchev–Trinajstić information content (AvgIpc) is 2.56. The highest BCUT2D eigenvalue weighted by atomic mass is 79.9. The molecule has 2 heterocycles. The molecule has 1 N–H and O–H groups in total. The van der Waals surface area contributed by atoms with Gasteiger partial charge in [-0.15, -0.1) is 0 Å². The molecule has 0 saturated carbocycles. The van der Waals surface area contributed by atoms with E-state index in [1.165, 1.54) is 44.5 Å². The Morgan fingerprint density at radius 2 is 2.00 bits per heavy atom. The van der Waals surface area contributed by atoms with E-state index in [2.05, 4.69) is 45.2 Å². The molecule has 1 aromatic rings. The Morgan fingerprint density at radius 1 is 1.22 bits per heavy atom. The van der Waals surface area contributed by atoms with Crippen molar-refractivity contribution in [2.75, 3.05) is 39.4 Å². The van der Waals surface area contributed by atoms with Gasteiger partial charge in [0.2, 0.25) is 0 Å². The zero-order valence-electron chi connectivity index (χ0n) is 13.9. The third-order valence-electron chi connectivity index (χ3n) is 4.69. The van der Waals surface area contributed by atoms with Gasteiger partial charge in [0.15, 0.2) is 11.5 Å². The van der Waals surface area contributed by atoms with Crippen molar-refractivity contribution in [1.29, 1.82) is 0 Å². The number of ether oxygens (including phenoxy) is 2. The zero-order chi connectivity index (χ0) is 16.1. The smallest absolute Gasteiger partial charge is 0.175 e. The molecule has 1 aromatic carbocycles. The molecule has 0 aromatic heterocycles. The summed E-state index contributed by atoms with van der Waals surface area (Å²) in [6, 6.07) is 4.20. The molecular formula is C18H27BrN2O2. The van der Waals surface area contributed by atoms with Crippen LogP contribution in [-0.4, -0.2) is 44.3 Å². The summed E-state index contributed by atoms with van der Waals surface area (Å²) >= 11 is 3.57. The fraction of sp³-hybridized carbons (Fsp3) is 0.667. The summed E-state index contributed by atoms with van der Waals surface area (Å²) in [5.41, 5.74) is 1.23. The lowest BCUT2D eigenvalue weighted by molar-refractivity contribution is 0.170. The van der Waals surface area contributed by atoms with Crippen LogP contribution >= 0.6 is 15.9 Å². The van der Waals surface area contributed by atoms with Crippen LogP contribution < -0.4 is 14.8 Å². The van der Waals surface area contributed by atoms with Crippen molar-refractivity contribution >= 4 is 15.9 Å². The van der Waals surface area contributed by atoms with E-state index >= 15 is 0 Å². The minimum atomic E-state index is 0.623. The lowest BCUT2D eigenvalue weighted by Crippen LogP contribution is -2.34. The predicted molar refractivity (Wildman–Crippen MR) is 96.3 cm³/mol. The fourth-order valence-electron chi connectivity index (χ4n) is 3.21. The van der Waals surface area contributed by atoms with Crippen LogP contribution in [0, 0.1) is 5.92 Å². The van der Waals surface area contributed by atoms with Crippen molar-refractivity contribution < 1.29 is 9.47 Å². The van der Waals surface area contributed by atoms with E-state index in [4.69, 9.17) is 9.47 Å². The van der Waals surface area contributed by atoms with Crippen LogP contribution in [0.15, 0.2) is 16.6 Å². The van der Waals surface area contributed by atoms with E-state index < -0.39 is 0 Å².